The van der Waals surface area contributed by atoms with Gasteiger partial charge in [0.1, 0.15) is 0 Å². The highest BCUT2D eigenvalue weighted by Crippen LogP contribution is 2.27. The van der Waals surface area contributed by atoms with Crippen molar-refractivity contribution in [3.8, 4) is 0 Å². The van der Waals surface area contributed by atoms with Crippen LogP contribution in [0.5, 0.6) is 0 Å². The van der Waals surface area contributed by atoms with Crippen molar-refractivity contribution in [2.45, 2.75) is 4.90 Å². The normalized spacial score (nSPS) is 15.6. The van der Waals surface area contributed by atoms with Gasteiger partial charge in [-0.05, 0) is 30.3 Å². The first-order chi connectivity index (χ1) is 12.8. The molecular formula is C19H23ClN3O3S+. The third kappa shape index (κ3) is 4.61. The summed E-state index contributed by atoms with van der Waals surface area (Å²) >= 11 is 6.16. The van der Waals surface area contributed by atoms with E-state index in [4.69, 9.17) is 11.6 Å². The van der Waals surface area contributed by atoms with Gasteiger partial charge in [-0.15, -0.1) is 0 Å². The monoisotopic (exact) mass is 408 g/mol. The van der Waals surface area contributed by atoms with Crippen molar-refractivity contribution < 1.29 is 18.1 Å². The van der Waals surface area contributed by atoms with Crippen LogP contribution in [0.3, 0.4) is 0 Å². The van der Waals surface area contributed by atoms with Crippen LogP contribution in [0.1, 0.15) is 10.4 Å². The van der Waals surface area contributed by atoms with Crippen molar-refractivity contribution in [3.05, 3.63) is 53.1 Å². The molecule has 1 aliphatic rings. The molecule has 1 heterocycles. The van der Waals surface area contributed by atoms with Crippen LogP contribution in [0.25, 0.3) is 0 Å². The molecule has 6 nitrogen and oxygen atoms in total. The minimum Gasteiger partial charge on any atom is -0.359 e. The zero-order chi connectivity index (χ0) is 19.6. The molecule has 2 aromatic rings. The summed E-state index contributed by atoms with van der Waals surface area (Å²) in [6.07, 6.45) is 1.10. The third-order valence-electron chi connectivity index (χ3n) is 4.72. The number of carbonyl (C=O) groups is 1. The number of quaternary nitrogens is 1. The summed E-state index contributed by atoms with van der Waals surface area (Å²) in [5.41, 5.74) is 1.93. The van der Waals surface area contributed by atoms with Gasteiger partial charge in [0.05, 0.1) is 60.1 Å². The lowest BCUT2D eigenvalue weighted by molar-refractivity contribution is -0.880. The first-order valence-corrected chi connectivity index (χ1v) is 11.0. The van der Waals surface area contributed by atoms with Crippen molar-refractivity contribution in [1.82, 2.24) is 0 Å². The molecule has 0 spiro atoms. The largest absolute Gasteiger partial charge is 0.359 e. The number of nitrogens with zero attached hydrogens (tertiary/aromatic N) is 1. The molecule has 2 N–H and O–H groups in total. The molecule has 0 unspecified atom stereocenters. The maximum atomic E-state index is 12.7. The Morgan fingerprint density at radius 3 is 2.44 bits per heavy atom. The van der Waals surface area contributed by atoms with Crippen LogP contribution in [0.4, 0.5) is 11.4 Å². The Kier molecular flexibility index (Phi) is 5.74. The predicted octanol–water partition coefficient (Wildman–Crippen LogP) is 1.33. The smallest absolute Gasteiger partial charge is 0.257 e. The number of hydrogen-bond donors (Lipinski definition) is 2. The van der Waals surface area contributed by atoms with Gasteiger partial charge in [-0.3, -0.25) is 4.79 Å². The Balaban J connectivity index is 1.83. The molecule has 0 saturated carbocycles. The number of para-hydroxylation sites is 2. The molecule has 0 atom stereocenters. The van der Waals surface area contributed by atoms with Crippen molar-refractivity contribution in [2.24, 2.45) is 0 Å². The number of carbonyl (C=O) groups excluding carboxylic acids is 1. The molecule has 0 aromatic heterocycles. The number of rotatable bonds is 4. The summed E-state index contributed by atoms with van der Waals surface area (Å²) < 4.78 is 23.3. The van der Waals surface area contributed by atoms with Gasteiger partial charge in [-0.1, -0.05) is 23.7 Å². The van der Waals surface area contributed by atoms with E-state index < -0.39 is 9.84 Å². The average molecular weight is 409 g/mol. The predicted molar refractivity (Wildman–Crippen MR) is 108 cm³/mol. The fourth-order valence-electron chi connectivity index (χ4n) is 3.08. The number of nitrogens with one attached hydrogen (secondary N) is 2. The molecule has 1 fully saturated rings. The van der Waals surface area contributed by atoms with Crippen molar-refractivity contribution >= 4 is 38.7 Å². The fourth-order valence-corrected chi connectivity index (χ4v) is 4.06. The van der Waals surface area contributed by atoms with Crippen LogP contribution in [-0.4, -0.2) is 53.8 Å². The second-order valence-corrected chi connectivity index (χ2v) is 9.25. The molecule has 1 aliphatic heterocycles. The maximum Gasteiger partial charge on any atom is 0.257 e. The molecule has 8 heteroatoms. The van der Waals surface area contributed by atoms with E-state index in [-0.39, 0.29) is 21.4 Å². The molecule has 2 aromatic carbocycles. The van der Waals surface area contributed by atoms with E-state index in [1.54, 1.807) is 0 Å². The van der Waals surface area contributed by atoms with E-state index in [0.717, 1.165) is 38.1 Å². The standard InChI is InChI=1S/C19H22ClN3O3S/c1-22-9-11-23(12-10-22)18-6-4-3-5-17(18)21-19(24)15-8-7-14(13-16(15)20)27(2,25)26/h3-8,13H,9-12H2,1-2H3,(H,21,24)/p+1. The van der Waals surface area contributed by atoms with Crippen molar-refractivity contribution in [3.63, 3.8) is 0 Å². The number of sulfone groups is 1. The minimum absolute atomic E-state index is 0.0874. The maximum absolute atomic E-state index is 12.7. The summed E-state index contributed by atoms with van der Waals surface area (Å²) in [4.78, 5) is 16.6. The lowest BCUT2D eigenvalue weighted by Gasteiger charge is -2.33. The Morgan fingerprint density at radius 1 is 1.15 bits per heavy atom. The summed E-state index contributed by atoms with van der Waals surface area (Å²) in [6, 6.07) is 11.8. The molecule has 3 rings (SSSR count). The van der Waals surface area contributed by atoms with Crippen molar-refractivity contribution in [2.75, 3.05) is 49.7 Å². The summed E-state index contributed by atoms with van der Waals surface area (Å²) in [6.45, 7) is 3.92. The van der Waals surface area contributed by atoms with Crippen LogP contribution >= 0.6 is 11.6 Å². The number of amides is 1. The van der Waals surface area contributed by atoms with Gasteiger partial charge in [0, 0.05) is 6.26 Å². The second-order valence-electron chi connectivity index (χ2n) is 6.83. The van der Waals surface area contributed by atoms with Gasteiger partial charge >= 0.3 is 0 Å². The van der Waals surface area contributed by atoms with Crippen LogP contribution in [0.2, 0.25) is 5.02 Å². The molecule has 1 amide bonds. The number of piperazine rings is 1. The highest BCUT2D eigenvalue weighted by Gasteiger charge is 2.21. The first-order valence-electron chi connectivity index (χ1n) is 8.72. The van der Waals surface area contributed by atoms with Gasteiger partial charge in [-0.25, -0.2) is 8.42 Å². The first kappa shape index (κ1) is 19.7. The zero-order valence-corrected chi connectivity index (χ0v) is 16.9. The van der Waals surface area contributed by atoms with Crippen LogP contribution < -0.4 is 15.1 Å². The minimum atomic E-state index is -3.38. The van der Waals surface area contributed by atoms with E-state index in [2.05, 4.69) is 17.3 Å². The summed E-state index contributed by atoms with van der Waals surface area (Å²) in [7, 11) is -1.20. The highest BCUT2D eigenvalue weighted by molar-refractivity contribution is 7.90. The van der Waals surface area contributed by atoms with E-state index in [1.165, 1.54) is 23.1 Å². The van der Waals surface area contributed by atoms with Gasteiger partial charge < -0.3 is 15.1 Å². The number of anilines is 2. The quantitative estimate of drug-likeness (QED) is 0.800. The van der Waals surface area contributed by atoms with Gasteiger partial charge in [0.25, 0.3) is 5.91 Å². The SMILES string of the molecule is C[NH+]1CCN(c2ccccc2NC(=O)c2ccc(S(C)(=O)=O)cc2Cl)CC1. The summed E-state index contributed by atoms with van der Waals surface area (Å²) in [5, 5.41) is 3.02. The molecule has 0 bridgehead atoms. The van der Waals surface area contributed by atoms with E-state index in [9.17, 15) is 13.2 Å². The van der Waals surface area contributed by atoms with Crippen LogP contribution in [-0.2, 0) is 9.84 Å². The number of hydrogen-bond acceptors (Lipinski definition) is 4. The number of likely N-dealkylation sites (N-methyl/N-ethyl adjacent to an activating group) is 1. The zero-order valence-electron chi connectivity index (χ0n) is 15.3. The van der Waals surface area contributed by atoms with Gasteiger partial charge in [0.2, 0.25) is 0 Å². The molecule has 0 aliphatic carbocycles. The molecule has 0 radical (unpaired) electrons. The van der Waals surface area contributed by atoms with Crippen LogP contribution in [0.15, 0.2) is 47.4 Å². The lowest BCUT2D eigenvalue weighted by atomic mass is 10.1. The topological polar surface area (TPSA) is 70.9 Å². The average Bonchev–Trinajstić information content (AvgIpc) is 2.62. The fraction of sp³-hybridized carbons (Fsp3) is 0.316. The Hall–Kier alpha value is -2.09. The number of halogens is 1. The summed E-state index contributed by atoms with van der Waals surface area (Å²) in [5.74, 6) is -0.368. The van der Waals surface area contributed by atoms with Crippen molar-refractivity contribution in [1.29, 1.82) is 0 Å². The molecule has 27 heavy (non-hydrogen) atoms. The Labute approximate surface area is 164 Å². The molecule has 144 valence electrons. The third-order valence-corrected chi connectivity index (χ3v) is 6.15. The molecular weight excluding hydrogens is 386 g/mol. The van der Waals surface area contributed by atoms with E-state index in [1.807, 2.05) is 24.3 Å². The lowest BCUT2D eigenvalue weighted by Crippen LogP contribution is -3.12. The van der Waals surface area contributed by atoms with Crippen LogP contribution in [0, 0.1) is 0 Å². The Morgan fingerprint density at radius 2 is 1.81 bits per heavy atom. The van der Waals surface area contributed by atoms with E-state index in [0.29, 0.717) is 5.69 Å². The highest BCUT2D eigenvalue weighted by atomic mass is 35.5. The van der Waals surface area contributed by atoms with Gasteiger partial charge in [-0.2, -0.15) is 0 Å². The van der Waals surface area contributed by atoms with Gasteiger partial charge in [0.15, 0.2) is 9.84 Å². The second kappa shape index (κ2) is 7.88. The Bertz CT molecular complexity index is 954. The molecule has 1 saturated heterocycles. The van der Waals surface area contributed by atoms with E-state index >= 15 is 0 Å². The number of benzene rings is 2.